The zero-order chi connectivity index (χ0) is 48.2. The van der Waals surface area contributed by atoms with E-state index >= 15 is 8.78 Å². The minimum absolute atomic E-state index is 0.0252. The number of carbonyl (C=O) groups is 4. The van der Waals surface area contributed by atoms with Crippen molar-refractivity contribution in [2.75, 3.05) is 19.5 Å². The van der Waals surface area contributed by atoms with Crippen LogP contribution < -0.4 is 16.0 Å². The van der Waals surface area contributed by atoms with Gasteiger partial charge in [-0.05, 0) is 115 Å². The van der Waals surface area contributed by atoms with E-state index in [-0.39, 0.29) is 64.3 Å². The molecule has 4 fully saturated rings. The van der Waals surface area contributed by atoms with Crippen LogP contribution in [0.25, 0.3) is 33.3 Å². The number of nitrogens with one attached hydrogen (secondary N) is 4. The van der Waals surface area contributed by atoms with Crippen LogP contribution in [-0.4, -0.2) is 94.1 Å². The molecular weight excluding hydrogens is 873 g/mol. The number of ether oxygens (including phenoxy) is 2. The second-order valence-electron chi connectivity index (χ2n) is 20.0. The summed E-state index contributed by atoms with van der Waals surface area (Å²) in [5, 5.41) is 8.43. The van der Waals surface area contributed by atoms with Gasteiger partial charge in [0.25, 0.3) is 5.92 Å². The Labute approximate surface area is 395 Å². The van der Waals surface area contributed by atoms with Gasteiger partial charge in [-0.1, -0.05) is 77.6 Å². The van der Waals surface area contributed by atoms with Gasteiger partial charge in [-0.3, -0.25) is 9.59 Å². The normalized spacial score (nSPS) is 24.3. The molecule has 4 amide bonds. The fraction of sp³-hybridized carbons (Fsp3) is 0.519. The highest BCUT2D eigenvalue weighted by molar-refractivity contribution is 5.97. The van der Waals surface area contributed by atoms with Gasteiger partial charge in [0.1, 0.15) is 29.5 Å². The number of imidazole rings is 1. The number of halogens is 2. The molecular formula is C52H61F2N7O7. The number of methoxy groups -OCH3 is 2. The van der Waals surface area contributed by atoms with E-state index in [2.05, 4.69) is 26.9 Å². The van der Waals surface area contributed by atoms with E-state index in [9.17, 15) is 24.0 Å². The van der Waals surface area contributed by atoms with Crippen LogP contribution >= 0.6 is 0 Å². The number of benzene rings is 3. The fourth-order valence-corrected chi connectivity index (χ4v) is 12.0. The maximum atomic E-state index is 16.7. The highest BCUT2D eigenvalue weighted by atomic mass is 19.3. The Balaban J connectivity index is 0.960. The van der Waals surface area contributed by atoms with Gasteiger partial charge in [-0.25, -0.2) is 19.4 Å². The third-order valence-corrected chi connectivity index (χ3v) is 15.3. The molecule has 2 aliphatic heterocycles. The van der Waals surface area contributed by atoms with Gasteiger partial charge in [-0.15, -0.1) is 0 Å². The number of likely N-dealkylation sites (tertiary alicyclic amines) is 2. The molecule has 3 aliphatic carbocycles. The second-order valence-corrected chi connectivity index (χ2v) is 20.0. The summed E-state index contributed by atoms with van der Waals surface area (Å²) >= 11 is 0. The molecule has 0 bridgehead atoms. The highest BCUT2D eigenvalue weighted by Crippen LogP contribution is 2.53. The first-order valence-corrected chi connectivity index (χ1v) is 24.2. The summed E-state index contributed by atoms with van der Waals surface area (Å²) in [7, 11) is 2.52. The lowest BCUT2D eigenvalue weighted by Gasteiger charge is -2.38. The number of amides is 4. The van der Waals surface area contributed by atoms with Crippen molar-refractivity contribution in [3.05, 3.63) is 77.2 Å². The fourth-order valence-electron chi connectivity index (χ4n) is 12.0. The number of anilines is 1. The summed E-state index contributed by atoms with van der Waals surface area (Å²) in [4.78, 5) is 78.3. The number of aromatic nitrogens is 2. The van der Waals surface area contributed by atoms with Gasteiger partial charge in [0.2, 0.25) is 11.8 Å². The van der Waals surface area contributed by atoms with Crippen molar-refractivity contribution in [1.29, 1.82) is 0 Å². The van der Waals surface area contributed by atoms with Crippen molar-refractivity contribution < 1.29 is 42.2 Å². The number of nitrogens with zero attached hydrogens (tertiary/aromatic N) is 3. The van der Waals surface area contributed by atoms with Crippen LogP contribution in [0, 0.1) is 23.7 Å². The first kappa shape index (κ1) is 46.8. The third-order valence-electron chi connectivity index (χ3n) is 15.3. The number of alkyl carbamates (subject to hydrolysis) is 2. The average molecular weight is 934 g/mol. The van der Waals surface area contributed by atoms with Crippen LogP contribution in [0.2, 0.25) is 0 Å². The predicted molar refractivity (Wildman–Crippen MR) is 252 cm³/mol. The molecule has 0 unspecified atom stereocenters. The second kappa shape index (κ2) is 18.7. The summed E-state index contributed by atoms with van der Waals surface area (Å²) < 4.78 is 43.2. The summed E-state index contributed by atoms with van der Waals surface area (Å²) in [5.74, 6) is -1.22. The van der Waals surface area contributed by atoms with Gasteiger partial charge in [0, 0.05) is 28.9 Å². The molecule has 0 radical (unpaired) electrons. The first-order valence-electron chi connectivity index (χ1n) is 24.2. The van der Waals surface area contributed by atoms with Crippen LogP contribution in [0.4, 0.5) is 24.1 Å². The maximum absolute atomic E-state index is 16.7. The molecule has 2 saturated carbocycles. The average Bonchev–Trinajstić information content (AvgIpc) is 4.10. The smallest absolute Gasteiger partial charge is 0.407 e. The largest absolute Gasteiger partial charge is 0.453 e. The van der Waals surface area contributed by atoms with Crippen molar-refractivity contribution in [3.63, 3.8) is 0 Å². The van der Waals surface area contributed by atoms with Crippen molar-refractivity contribution in [1.82, 2.24) is 30.4 Å². The molecule has 0 spiro atoms. The first-order chi connectivity index (χ1) is 32.6. The molecule has 360 valence electrons. The van der Waals surface area contributed by atoms with E-state index in [4.69, 9.17) is 14.5 Å². The Morgan fingerprint density at radius 2 is 1.32 bits per heavy atom. The summed E-state index contributed by atoms with van der Waals surface area (Å²) in [6.07, 6.45) is 7.43. The van der Waals surface area contributed by atoms with Crippen molar-refractivity contribution >= 4 is 46.7 Å². The Morgan fingerprint density at radius 1 is 0.750 bits per heavy atom. The van der Waals surface area contributed by atoms with Gasteiger partial charge >= 0.3 is 12.2 Å². The monoisotopic (exact) mass is 933 g/mol. The van der Waals surface area contributed by atoms with Gasteiger partial charge < -0.3 is 40.2 Å². The number of fused-ring (bicyclic) bond motifs is 6. The van der Waals surface area contributed by atoms with E-state index in [0.29, 0.717) is 51.5 Å². The molecule has 8 atom stereocenters. The molecule has 5 aliphatic rings. The summed E-state index contributed by atoms with van der Waals surface area (Å²) in [6, 6.07) is 12.5. The van der Waals surface area contributed by atoms with Crippen LogP contribution in [0.3, 0.4) is 0 Å². The zero-order valence-corrected chi connectivity index (χ0v) is 39.5. The number of aromatic amines is 1. The zero-order valence-electron chi connectivity index (χ0n) is 39.5. The molecule has 4 N–H and O–H groups in total. The lowest BCUT2D eigenvalue weighted by Crippen LogP contribution is -2.53. The van der Waals surface area contributed by atoms with Gasteiger partial charge in [-0.2, -0.15) is 8.78 Å². The molecule has 9 rings (SSSR count). The molecule has 3 heterocycles. The summed E-state index contributed by atoms with van der Waals surface area (Å²) in [5.41, 5.74) is 3.47. The van der Waals surface area contributed by atoms with E-state index in [0.717, 1.165) is 57.8 Å². The highest BCUT2D eigenvalue weighted by Gasteiger charge is 2.51. The number of hydrogen-bond acceptors (Lipinski definition) is 9. The Kier molecular flexibility index (Phi) is 12.8. The van der Waals surface area contributed by atoms with Crippen LogP contribution in [0.5, 0.6) is 0 Å². The molecule has 16 heteroatoms. The molecule has 4 aromatic rings. The van der Waals surface area contributed by atoms with E-state index < -0.39 is 42.1 Å². The van der Waals surface area contributed by atoms with Crippen LogP contribution in [0.1, 0.15) is 115 Å². The van der Waals surface area contributed by atoms with Crippen LogP contribution in [-0.2, 0) is 29.8 Å². The van der Waals surface area contributed by atoms with Crippen molar-refractivity contribution in [2.45, 2.75) is 134 Å². The number of carbonyl (C=O) groups excluding carboxylic acids is 5. The lowest BCUT2D eigenvalue weighted by atomic mass is 9.84. The third kappa shape index (κ3) is 8.38. The van der Waals surface area contributed by atoms with E-state index in [1.54, 1.807) is 18.2 Å². The Bertz CT molecular complexity index is 2680. The van der Waals surface area contributed by atoms with E-state index in [1.807, 2.05) is 61.8 Å². The maximum Gasteiger partial charge on any atom is 0.407 e. The minimum Gasteiger partial charge on any atom is -0.453 e. The lowest BCUT2D eigenvalue weighted by molar-refractivity contribution is -0.138. The Hall–Kier alpha value is -6.28. The standard InChI is InChI=1S/C52H61F2N7O7/c1-27(2)45(58-50(65)67-5)44(26-62)60-40-13-9-7-12-32(40)24-43(60)48(63)55-33-17-19-35-34-18-15-29(21-36(34)52(53,54)37(35)25-33)30-16-20-38-39(22-30)57-47(56-38)42-23-31-11-8-10-14-41(31)61(42)49(64)46(28(3)4)59-51(66)68-6/h15-22,25,27-28,31-32,40-43,45-46H,7-14,23-24H2,1-6H3,(H,55,63)(H,56,57)(H,58,65)(H,59,66)/t31-,32-,40-,41-,42-,43-,45-,46-/m0/s1. The number of rotatable bonds is 11. The SMILES string of the molecule is COC(=O)N[C@H](C(=O)N1[C@H](c2nc3ccc(-c4ccc5c(c4)C(F)(F)c4cc(NC(=O)[C@@H]6C[C@@H]7CCCC[C@@H]7N6C(=C=O)[C@@H](NC(=O)OC)C(C)C)ccc4-5)cc3[nH]2)C[C@@H]2CCCC[C@@H]21)C(C)C. The topological polar surface area (TPSA) is 175 Å². The molecule has 68 heavy (non-hydrogen) atoms. The Morgan fingerprint density at radius 3 is 1.97 bits per heavy atom. The van der Waals surface area contributed by atoms with Gasteiger partial charge in [0.05, 0.1) is 37.3 Å². The molecule has 2 saturated heterocycles. The van der Waals surface area contributed by atoms with Crippen LogP contribution in [0.15, 0.2) is 60.3 Å². The molecule has 1 aromatic heterocycles. The van der Waals surface area contributed by atoms with E-state index in [1.165, 1.54) is 26.4 Å². The molecule has 3 aromatic carbocycles. The number of H-pyrrole nitrogens is 1. The number of alkyl halides is 2. The van der Waals surface area contributed by atoms with Crippen molar-refractivity contribution in [2.24, 2.45) is 23.7 Å². The summed E-state index contributed by atoms with van der Waals surface area (Å²) in [6.45, 7) is 7.51. The van der Waals surface area contributed by atoms with Crippen molar-refractivity contribution in [3.8, 4) is 22.3 Å². The number of hydrogen-bond donors (Lipinski definition) is 4. The predicted octanol–water partition coefficient (Wildman–Crippen LogP) is 9.23. The quantitative estimate of drug-likeness (QED) is 0.107. The molecule has 14 nitrogen and oxygen atoms in total. The minimum atomic E-state index is -3.38. The van der Waals surface area contributed by atoms with Gasteiger partial charge in [0.15, 0.2) is 0 Å².